The number of rotatable bonds is 9. The fourth-order valence-corrected chi connectivity index (χ4v) is 9.78. The van der Waals surface area contributed by atoms with Gasteiger partial charge in [-0.1, -0.05) is 59.6 Å². The van der Waals surface area contributed by atoms with Crippen molar-refractivity contribution in [2.24, 2.45) is 10.8 Å². The quantitative estimate of drug-likeness (QED) is 0.181. The Balaban J connectivity index is 0.936. The summed E-state index contributed by atoms with van der Waals surface area (Å²) < 4.78 is 7.86. The summed E-state index contributed by atoms with van der Waals surface area (Å²) in [6.07, 6.45) is 5.71. The molecule has 0 radical (unpaired) electrons. The highest BCUT2D eigenvalue weighted by molar-refractivity contribution is 6.39. The molecule has 2 spiro atoms. The standard InChI is InChI=1S/C41H43Cl2N9O3/c1-5-50-15-27(14-48-17-40(18-48)21-51(22-40)25(2)53)37-38(50)46-32(13-45-37)30-10-6-8-28(35(30)42)29-9-7-11-31(36(29)43)33-12-44-34(39(47-33)55-4)16-49-19-41(20-49)23-52(24-41)26(3)54/h6-13,15H,5,14,16-24H2,1-4H3. The number of hydrogen-bond acceptors (Lipinski definition) is 9. The highest BCUT2D eigenvalue weighted by atomic mass is 35.5. The van der Waals surface area contributed by atoms with Crippen molar-refractivity contribution in [2.75, 3.05) is 59.5 Å². The molecule has 4 aliphatic rings. The Morgan fingerprint density at radius 3 is 1.76 bits per heavy atom. The van der Waals surface area contributed by atoms with E-state index in [2.05, 4.69) is 27.5 Å². The number of benzene rings is 2. The van der Waals surface area contributed by atoms with Crippen LogP contribution in [0.15, 0.2) is 55.0 Å². The second-order valence-electron chi connectivity index (χ2n) is 16.0. The Morgan fingerprint density at radius 1 is 0.727 bits per heavy atom. The lowest BCUT2D eigenvalue weighted by Crippen LogP contribution is -2.72. The summed E-state index contributed by atoms with van der Waals surface area (Å²) in [7, 11) is 1.61. The minimum Gasteiger partial charge on any atom is -0.480 e. The molecule has 0 unspecified atom stereocenters. The number of hydrogen-bond donors (Lipinski definition) is 0. The number of carbonyl (C=O) groups excluding carboxylic acids is 2. The third-order valence-electron chi connectivity index (χ3n) is 11.8. The van der Waals surface area contributed by atoms with Crippen LogP contribution < -0.4 is 4.74 Å². The van der Waals surface area contributed by atoms with Crippen molar-refractivity contribution in [3.05, 3.63) is 76.3 Å². The van der Waals surface area contributed by atoms with Gasteiger partial charge in [-0.2, -0.15) is 0 Å². The number of nitrogens with zero attached hydrogens (tertiary/aromatic N) is 9. The second kappa shape index (κ2) is 13.5. The Morgan fingerprint density at radius 2 is 1.24 bits per heavy atom. The van der Waals surface area contributed by atoms with Crippen molar-refractivity contribution >= 4 is 46.2 Å². The van der Waals surface area contributed by atoms with Gasteiger partial charge in [0.25, 0.3) is 0 Å². The first kappa shape index (κ1) is 36.0. The highest BCUT2D eigenvalue weighted by Gasteiger charge is 2.53. The summed E-state index contributed by atoms with van der Waals surface area (Å²) in [5, 5.41) is 1.03. The molecule has 2 amide bonds. The maximum Gasteiger partial charge on any atom is 0.237 e. The Hall–Kier alpha value is -4.62. The maximum atomic E-state index is 11.7. The average Bonchev–Trinajstić information content (AvgIpc) is 3.45. The molecule has 4 fully saturated rings. The first-order valence-corrected chi connectivity index (χ1v) is 19.5. The fourth-order valence-electron chi connectivity index (χ4n) is 9.13. The minimum atomic E-state index is 0.138. The van der Waals surface area contributed by atoms with Gasteiger partial charge in [-0.05, 0) is 6.92 Å². The molecule has 0 saturated carbocycles. The van der Waals surface area contributed by atoms with Crippen molar-refractivity contribution in [1.82, 2.24) is 44.1 Å². The van der Waals surface area contributed by atoms with Crippen molar-refractivity contribution in [3.8, 4) is 39.5 Å². The molecular formula is C41H43Cl2N9O3. The number of fused-ring (bicyclic) bond motifs is 1. The molecule has 55 heavy (non-hydrogen) atoms. The van der Waals surface area contributed by atoms with E-state index in [1.54, 1.807) is 33.4 Å². The van der Waals surface area contributed by atoms with E-state index in [0.29, 0.717) is 33.9 Å². The van der Waals surface area contributed by atoms with Gasteiger partial charge < -0.3 is 19.1 Å². The van der Waals surface area contributed by atoms with Gasteiger partial charge in [0, 0.05) is 131 Å². The fraction of sp³-hybridized carbons (Fsp3) is 0.415. The molecule has 9 rings (SSSR count). The summed E-state index contributed by atoms with van der Waals surface area (Å²) in [5.41, 5.74) is 8.38. The molecule has 2 aromatic carbocycles. The van der Waals surface area contributed by atoms with Gasteiger partial charge in [0.1, 0.15) is 11.2 Å². The van der Waals surface area contributed by atoms with Crippen LogP contribution in [-0.2, 0) is 29.2 Å². The third-order valence-corrected chi connectivity index (χ3v) is 12.6. The molecule has 0 bridgehead atoms. The van der Waals surface area contributed by atoms with Gasteiger partial charge in [-0.15, -0.1) is 0 Å². The van der Waals surface area contributed by atoms with E-state index in [-0.39, 0.29) is 22.6 Å². The van der Waals surface area contributed by atoms with Crippen LogP contribution in [0.4, 0.5) is 0 Å². The van der Waals surface area contributed by atoms with E-state index in [1.807, 2.05) is 46.2 Å². The number of carbonyl (C=O) groups is 2. The van der Waals surface area contributed by atoms with Crippen molar-refractivity contribution < 1.29 is 14.3 Å². The lowest BCUT2D eigenvalue weighted by atomic mass is 9.72. The van der Waals surface area contributed by atoms with E-state index in [0.717, 1.165) is 110 Å². The van der Waals surface area contributed by atoms with E-state index >= 15 is 0 Å². The number of methoxy groups -OCH3 is 1. The number of aryl methyl sites for hydroxylation is 1. The van der Waals surface area contributed by atoms with E-state index in [4.69, 9.17) is 47.9 Å². The third kappa shape index (κ3) is 6.23. The van der Waals surface area contributed by atoms with Gasteiger partial charge in [0.15, 0.2) is 5.65 Å². The van der Waals surface area contributed by atoms with Crippen LogP contribution in [0.25, 0.3) is 44.8 Å². The first-order chi connectivity index (χ1) is 26.5. The summed E-state index contributed by atoms with van der Waals surface area (Å²) in [4.78, 5) is 51.6. The molecule has 14 heteroatoms. The summed E-state index contributed by atoms with van der Waals surface area (Å²) in [6.45, 7) is 14.7. The van der Waals surface area contributed by atoms with Gasteiger partial charge in [-0.3, -0.25) is 29.4 Å². The number of likely N-dealkylation sites (tertiary alicyclic amines) is 4. The van der Waals surface area contributed by atoms with E-state index in [9.17, 15) is 9.59 Å². The van der Waals surface area contributed by atoms with Crippen LogP contribution in [0.5, 0.6) is 5.88 Å². The number of amides is 2. The lowest BCUT2D eigenvalue weighted by molar-refractivity contribution is -0.158. The molecule has 7 heterocycles. The van der Waals surface area contributed by atoms with Gasteiger partial charge in [0.05, 0.1) is 40.9 Å². The van der Waals surface area contributed by atoms with Crippen molar-refractivity contribution in [3.63, 3.8) is 0 Å². The first-order valence-electron chi connectivity index (χ1n) is 18.8. The van der Waals surface area contributed by atoms with Crippen molar-refractivity contribution in [2.45, 2.75) is 40.4 Å². The lowest BCUT2D eigenvalue weighted by Gasteiger charge is -2.60. The summed E-state index contributed by atoms with van der Waals surface area (Å²) in [6, 6.07) is 11.7. The van der Waals surface area contributed by atoms with Gasteiger partial charge in [-0.25, -0.2) is 9.97 Å². The van der Waals surface area contributed by atoms with Gasteiger partial charge in [0.2, 0.25) is 17.7 Å². The van der Waals surface area contributed by atoms with Crippen LogP contribution in [0.2, 0.25) is 10.0 Å². The molecule has 0 aliphatic carbocycles. The zero-order chi connectivity index (χ0) is 38.2. The molecule has 0 N–H and O–H groups in total. The normalized spacial score (nSPS) is 18.6. The predicted octanol–water partition coefficient (Wildman–Crippen LogP) is 5.89. The Bertz CT molecular complexity index is 2350. The number of ether oxygens (including phenoxy) is 1. The summed E-state index contributed by atoms with van der Waals surface area (Å²) in [5.74, 6) is 0.756. The molecule has 4 aliphatic heterocycles. The maximum absolute atomic E-state index is 11.7. The molecule has 284 valence electrons. The molecular weight excluding hydrogens is 737 g/mol. The Kier molecular flexibility index (Phi) is 8.88. The largest absolute Gasteiger partial charge is 0.480 e. The minimum absolute atomic E-state index is 0.138. The average molecular weight is 781 g/mol. The SMILES string of the molecule is CCn1cc(CN2CC3(C2)CN(C(C)=O)C3)c2ncc(-c3cccc(-c4cccc(-c5cnc(CN6CC7(C6)CN(C(C)=O)C7)c(OC)n5)c4Cl)c3Cl)nc21. The zero-order valence-corrected chi connectivity index (χ0v) is 33.0. The monoisotopic (exact) mass is 779 g/mol. The molecule has 0 atom stereocenters. The van der Waals surface area contributed by atoms with Crippen LogP contribution in [0.3, 0.4) is 0 Å². The topological polar surface area (TPSA) is 113 Å². The zero-order valence-electron chi connectivity index (χ0n) is 31.5. The molecule has 3 aromatic heterocycles. The summed E-state index contributed by atoms with van der Waals surface area (Å²) >= 11 is 14.4. The van der Waals surface area contributed by atoms with Gasteiger partial charge >= 0.3 is 0 Å². The molecule has 12 nitrogen and oxygen atoms in total. The van der Waals surface area contributed by atoms with E-state index < -0.39 is 0 Å². The van der Waals surface area contributed by atoms with E-state index in [1.165, 1.54) is 0 Å². The van der Waals surface area contributed by atoms with Crippen molar-refractivity contribution in [1.29, 1.82) is 0 Å². The molecule has 5 aromatic rings. The van der Waals surface area contributed by atoms with Crippen LogP contribution in [0, 0.1) is 10.8 Å². The second-order valence-corrected chi connectivity index (χ2v) is 16.7. The van der Waals surface area contributed by atoms with Crippen LogP contribution >= 0.6 is 23.2 Å². The predicted molar refractivity (Wildman–Crippen MR) is 212 cm³/mol. The smallest absolute Gasteiger partial charge is 0.237 e. The molecule has 4 saturated heterocycles. The highest BCUT2D eigenvalue weighted by Crippen LogP contribution is 2.44. The Labute approximate surface area is 330 Å². The van der Waals surface area contributed by atoms with Crippen LogP contribution in [0.1, 0.15) is 32.0 Å². The number of halogens is 2. The van der Waals surface area contributed by atoms with Crippen LogP contribution in [-0.4, -0.2) is 115 Å². The number of aromatic nitrogens is 5.